The number of nitrogens with zero attached hydrogens (tertiary/aromatic N) is 2. The van der Waals surface area contributed by atoms with Crippen LogP contribution in [0.1, 0.15) is 45.4 Å². The van der Waals surface area contributed by atoms with Crippen molar-refractivity contribution in [3.05, 3.63) is 24.3 Å². The van der Waals surface area contributed by atoms with Gasteiger partial charge < -0.3 is 20.3 Å². The minimum atomic E-state index is 0. The Morgan fingerprint density at radius 3 is 2.71 bits per heavy atom. The monoisotopic (exact) mass is 500 g/mol. The van der Waals surface area contributed by atoms with Gasteiger partial charge in [0.05, 0.1) is 5.69 Å². The van der Waals surface area contributed by atoms with E-state index in [1.807, 2.05) is 36.2 Å². The van der Waals surface area contributed by atoms with Crippen LogP contribution in [0.3, 0.4) is 0 Å². The first-order valence-electron chi connectivity index (χ1n) is 10.2. The predicted octanol–water partition coefficient (Wildman–Crippen LogP) is 3.55. The normalized spacial score (nSPS) is 22.0. The highest BCUT2D eigenvalue weighted by Crippen LogP contribution is 2.31. The number of nitrogens with one attached hydrogen (secondary N) is 2. The Morgan fingerprint density at radius 1 is 1.25 bits per heavy atom. The molecule has 0 spiro atoms. The number of carbonyl (C=O) groups is 1. The fourth-order valence-electron chi connectivity index (χ4n) is 3.95. The van der Waals surface area contributed by atoms with E-state index in [0.717, 1.165) is 36.3 Å². The molecule has 0 saturated heterocycles. The Balaban J connectivity index is 0.00000280. The zero-order chi connectivity index (χ0) is 19.1. The van der Waals surface area contributed by atoms with Crippen molar-refractivity contribution in [3.8, 4) is 5.75 Å². The standard InChI is InChI=1S/C21H32N4O2.HI/c1-3-16-9-11-17(12-10-16)24-21(22-2)23-13-6-14-25-18-7-4-5-8-19(18)27-15-20(25)26;/h4-5,7-8,16-17H,3,6,9-15H2,1-2H3,(H2,22,23,24);1H. The molecule has 156 valence electrons. The van der Waals surface area contributed by atoms with Gasteiger partial charge in [-0.15, -0.1) is 24.0 Å². The second-order valence-electron chi connectivity index (χ2n) is 7.42. The molecule has 6 nitrogen and oxygen atoms in total. The SMILES string of the molecule is CCC1CCC(NC(=NC)NCCCN2C(=O)COc3ccccc32)CC1.I. The maximum absolute atomic E-state index is 12.2. The number of hydrogen-bond acceptors (Lipinski definition) is 3. The van der Waals surface area contributed by atoms with Crippen molar-refractivity contribution in [1.82, 2.24) is 10.6 Å². The van der Waals surface area contributed by atoms with Gasteiger partial charge in [0.2, 0.25) is 0 Å². The predicted molar refractivity (Wildman–Crippen MR) is 125 cm³/mol. The van der Waals surface area contributed by atoms with Crippen LogP contribution >= 0.6 is 24.0 Å². The average molecular weight is 500 g/mol. The summed E-state index contributed by atoms with van der Waals surface area (Å²) in [5, 5.41) is 6.94. The van der Waals surface area contributed by atoms with Crippen molar-refractivity contribution in [3.63, 3.8) is 0 Å². The number of carbonyl (C=O) groups excluding carboxylic acids is 1. The molecule has 0 bridgehead atoms. The third kappa shape index (κ3) is 5.99. The lowest BCUT2D eigenvalue weighted by Crippen LogP contribution is -2.46. The molecule has 1 aromatic carbocycles. The molecule has 2 aliphatic rings. The number of anilines is 1. The van der Waals surface area contributed by atoms with Crippen molar-refractivity contribution in [2.24, 2.45) is 10.9 Å². The van der Waals surface area contributed by atoms with Crippen LogP contribution in [0.5, 0.6) is 5.75 Å². The van der Waals surface area contributed by atoms with Gasteiger partial charge in [-0.25, -0.2) is 0 Å². The van der Waals surface area contributed by atoms with E-state index in [1.54, 1.807) is 0 Å². The van der Waals surface area contributed by atoms with E-state index in [-0.39, 0.29) is 36.5 Å². The number of halogens is 1. The van der Waals surface area contributed by atoms with Gasteiger partial charge in [0, 0.05) is 26.2 Å². The Labute approximate surface area is 185 Å². The average Bonchev–Trinajstić information content (AvgIpc) is 2.72. The van der Waals surface area contributed by atoms with Gasteiger partial charge >= 0.3 is 0 Å². The largest absolute Gasteiger partial charge is 0.482 e. The number of fused-ring (bicyclic) bond motifs is 1. The number of amides is 1. The Hall–Kier alpha value is -1.51. The van der Waals surface area contributed by atoms with E-state index in [0.29, 0.717) is 12.6 Å². The molecule has 0 atom stereocenters. The van der Waals surface area contributed by atoms with Crippen LogP contribution in [0, 0.1) is 5.92 Å². The molecule has 0 radical (unpaired) electrons. The first kappa shape index (κ1) is 22.8. The molecule has 0 aromatic heterocycles. The van der Waals surface area contributed by atoms with Crippen LogP contribution in [0.25, 0.3) is 0 Å². The molecule has 7 heteroatoms. The first-order valence-corrected chi connectivity index (χ1v) is 10.2. The van der Waals surface area contributed by atoms with E-state index in [9.17, 15) is 4.79 Å². The lowest BCUT2D eigenvalue weighted by atomic mass is 9.84. The zero-order valence-electron chi connectivity index (χ0n) is 16.9. The molecule has 1 fully saturated rings. The molecule has 1 aliphatic carbocycles. The fourth-order valence-corrected chi connectivity index (χ4v) is 3.95. The van der Waals surface area contributed by atoms with Crippen LogP contribution in [0.15, 0.2) is 29.3 Å². The first-order chi connectivity index (χ1) is 13.2. The Kier molecular flexibility index (Phi) is 9.34. The Morgan fingerprint density at radius 2 is 2.00 bits per heavy atom. The summed E-state index contributed by atoms with van der Waals surface area (Å²) in [6, 6.07) is 8.23. The van der Waals surface area contributed by atoms with Gasteiger partial charge in [0.1, 0.15) is 5.75 Å². The maximum Gasteiger partial charge on any atom is 0.265 e. The van der Waals surface area contributed by atoms with E-state index < -0.39 is 0 Å². The van der Waals surface area contributed by atoms with Crippen LogP contribution < -0.4 is 20.3 Å². The smallest absolute Gasteiger partial charge is 0.265 e. The summed E-state index contributed by atoms with van der Waals surface area (Å²) < 4.78 is 5.49. The van der Waals surface area contributed by atoms with E-state index in [1.165, 1.54) is 32.1 Å². The number of rotatable bonds is 6. The van der Waals surface area contributed by atoms with Gasteiger partial charge in [0.15, 0.2) is 12.6 Å². The molecule has 1 aromatic rings. The topological polar surface area (TPSA) is 66.0 Å². The number of para-hydroxylation sites is 2. The molecule has 0 unspecified atom stereocenters. The molecule has 3 rings (SSSR count). The molecular weight excluding hydrogens is 467 g/mol. The molecular formula is C21H33IN4O2. The quantitative estimate of drug-likeness (QED) is 0.272. The summed E-state index contributed by atoms with van der Waals surface area (Å²) in [5.41, 5.74) is 0.865. The number of guanidine groups is 1. The van der Waals surface area contributed by atoms with Crippen molar-refractivity contribution >= 4 is 41.5 Å². The third-order valence-corrected chi connectivity index (χ3v) is 5.65. The highest BCUT2D eigenvalue weighted by atomic mass is 127. The summed E-state index contributed by atoms with van der Waals surface area (Å²) in [6.45, 7) is 3.85. The van der Waals surface area contributed by atoms with Gasteiger partial charge in [-0.3, -0.25) is 9.79 Å². The van der Waals surface area contributed by atoms with Crippen molar-refractivity contribution in [1.29, 1.82) is 0 Å². The molecule has 1 amide bonds. The highest BCUT2D eigenvalue weighted by Gasteiger charge is 2.24. The van der Waals surface area contributed by atoms with Crippen LogP contribution in [0.2, 0.25) is 0 Å². The lowest BCUT2D eigenvalue weighted by Gasteiger charge is -2.30. The number of hydrogen-bond donors (Lipinski definition) is 2. The molecule has 28 heavy (non-hydrogen) atoms. The molecule has 1 saturated carbocycles. The van der Waals surface area contributed by atoms with Crippen molar-refractivity contribution in [2.75, 3.05) is 31.6 Å². The van der Waals surface area contributed by atoms with Crippen LogP contribution in [-0.4, -0.2) is 44.7 Å². The minimum absolute atomic E-state index is 0. The molecule has 1 aliphatic heterocycles. The lowest BCUT2D eigenvalue weighted by molar-refractivity contribution is -0.121. The van der Waals surface area contributed by atoms with Crippen molar-refractivity contribution < 1.29 is 9.53 Å². The number of benzene rings is 1. The van der Waals surface area contributed by atoms with E-state index >= 15 is 0 Å². The summed E-state index contributed by atoms with van der Waals surface area (Å²) in [7, 11) is 1.81. The fraction of sp³-hybridized carbons (Fsp3) is 0.619. The summed E-state index contributed by atoms with van der Waals surface area (Å²) in [5.74, 6) is 2.56. The second kappa shape index (κ2) is 11.5. The summed E-state index contributed by atoms with van der Waals surface area (Å²) >= 11 is 0. The van der Waals surface area contributed by atoms with E-state index in [2.05, 4.69) is 22.5 Å². The van der Waals surface area contributed by atoms with Gasteiger partial charge in [-0.05, 0) is 50.2 Å². The van der Waals surface area contributed by atoms with Gasteiger partial charge in [0.25, 0.3) is 5.91 Å². The van der Waals surface area contributed by atoms with E-state index in [4.69, 9.17) is 4.74 Å². The molecule has 2 N–H and O–H groups in total. The minimum Gasteiger partial charge on any atom is -0.482 e. The zero-order valence-corrected chi connectivity index (χ0v) is 19.3. The van der Waals surface area contributed by atoms with Crippen molar-refractivity contribution in [2.45, 2.75) is 51.5 Å². The summed E-state index contributed by atoms with van der Waals surface area (Å²) in [4.78, 5) is 18.4. The Bertz CT molecular complexity index is 660. The van der Waals surface area contributed by atoms with Crippen LogP contribution in [-0.2, 0) is 4.79 Å². The summed E-state index contributed by atoms with van der Waals surface area (Å²) in [6.07, 6.45) is 7.20. The third-order valence-electron chi connectivity index (χ3n) is 5.65. The maximum atomic E-state index is 12.2. The number of ether oxygens (including phenoxy) is 1. The van der Waals surface area contributed by atoms with Crippen LogP contribution in [0.4, 0.5) is 5.69 Å². The molecule has 1 heterocycles. The highest BCUT2D eigenvalue weighted by molar-refractivity contribution is 14.0. The second-order valence-corrected chi connectivity index (χ2v) is 7.42. The van der Waals surface area contributed by atoms with Gasteiger partial charge in [-0.2, -0.15) is 0 Å². The number of aliphatic imine (C=N–C) groups is 1. The van der Waals surface area contributed by atoms with Gasteiger partial charge in [-0.1, -0.05) is 25.5 Å².